The predicted molar refractivity (Wildman–Crippen MR) is 51.7 cm³/mol. The van der Waals surface area contributed by atoms with Crippen molar-refractivity contribution in [2.24, 2.45) is 0 Å². The first-order chi connectivity index (χ1) is 5.95. The first-order valence-corrected chi connectivity index (χ1v) is 5.10. The van der Waals surface area contributed by atoms with Gasteiger partial charge in [-0.25, -0.2) is 0 Å². The molecule has 0 spiro atoms. The highest BCUT2D eigenvalue weighted by atomic mass is 32.2. The Balaban J connectivity index is 3.41. The largest absolute Gasteiger partial charge is 0.478 e. The molecule has 0 rings (SSSR count). The third kappa shape index (κ3) is 9.95. The molecule has 0 aliphatic rings. The summed E-state index contributed by atoms with van der Waals surface area (Å²) < 4.78 is 39.3. The summed E-state index contributed by atoms with van der Waals surface area (Å²) in [5.41, 5.74) is -4.33. The van der Waals surface area contributed by atoms with Crippen molar-refractivity contribution < 1.29 is 17.9 Å². The van der Waals surface area contributed by atoms with Gasteiger partial charge in [-0.05, 0) is 18.6 Å². The summed E-state index contributed by atoms with van der Waals surface area (Å²) in [7, 11) is 0. The van der Waals surface area contributed by atoms with Crippen LogP contribution in [0.15, 0.2) is 0 Å². The van der Waals surface area contributed by atoms with Gasteiger partial charge in [0, 0.05) is 11.8 Å². The van der Waals surface area contributed by atoms with Crippen molar-refractivity contribution in [1.29, 1.82) is 0 Å². The van der Waals surface area contributed by atoms with E-state index in [0.717, 1.165) is 19.3 Å². The van der Waals surface area contributed by atoms with Gasteiger partial charge in [0.2, 0.25) is 4.38 Å². The van der Waals surface area contributed by atoms with Crippen LogP contribution in [-0.4, -0.2) is 16.5 Å². The van der Waals surface area contributed by atoms with E-state index in [1.54, 1.807) is 0 Å². The van der Waals surface area contributed by atoms with Crippen LogP contribution in [0.4, 0.5) is 13.2 Å². The molecule has 0 heterocycles. The van der Waals surface area contributed by atoms with Crippen LogP contribution in [0.2, 0.25) is 0 Å². The third-order valence-corrected chi connectivity index (χ3v) is 2.05. The minimum Gasteiger partial charge on any atom is -0.478 e. The second-order valence-corrected chi connectivity index (χ2v) is 4.02. The molecule has 0 unspecified atom stereocenters. The normalized spacial score (nSPS) is 11.4. The van der Waals surface area contributed by atoms with Gasteiger partial charge in [-0.2, -0.15) is 13.2 Å². The van der Waals surface area contributed by atoms with Gasteiger partial charge in [-0.15, -0.1) is 0 Å². The highest BCUT2D eigenvalue weighted by molar-refractivity contribution is 8.23. The van der Waals surface area contributed by atoms with Crippen molar-refractivity contribution in [2.45, 2.75) is 31.7 Å². The molecule has 78 valence electrons. The summed E-state index contributed by atoms with van der Waals surface area (Å²) in [5.74, 6) is 0. The quantitative estimate of drug-likeness (QED) is 0.540. The van der Waals surface area contributed by atoms with Crippen molar-refractivity contribution in [1.82, 2.24) is 0 Å². The van der Waals surface area contributed by atoms with Crippen LogP contribution in [0.3, 0.4) is 0 Å². The van der Waals surface area contributed by atoms with Crippen molar-refractivity contribution in [3.63, 3.8) is 0 Å². The number of thiocarbonyl (C=S) groups is 1. The Hall–Kier alpha value is 0.0300. The standard InChI is InChI=1S/C7H11F3OS2/c1-2-3-4-5-11-6(12)13-7(8,9)10/h2-5H2,1H3. The molecule has 0 aliphatic heterocycles. The lowest BCUT2D eigenvalue weighted by Crippen LogP contribution is -2.08. The second kappa shape index (κ2) is 6.48. The van der Waals surface area contributed by atoms with E-state index in [9.17, 15) is 13.2 Å². The Morgan fingerprint density at radius 1 is 1.38 bits per heavy atom. The van der Waals surface area contributed by atoms with E-state index < -0.39 is 9.89 Å². The molecule has 0 atom stereocenters. The maximum absolute atomic E-state index is 11.7. The molecule has 6 heteroatoms. The lowest BCUT2D eigenvalue weighted by atomic mass is 10.3. The van der Waals surface area contributed by atoms with E-state index >= 15 is 0 Å². The Bertz CT molecular complexity index is 158. The zero-order chi connectivity index (χ0) is 10.3. The molecule has 0 aromatic heterocycles. The zero-order valence-electron chi connectivity index (χ0n) is 7.19. The van der Waals surface area contributed by atoms with Gasteiger partial charge in [-0.1, -0.05) is 19.8 Å². The predicted octanol–water partition coefficient (Wildman–Crippen LogP) is 3.73. The van der Waals surface area contributed by atoms with Gasteiger partial charge in [0.1, 0.15) is 0 Å². The number of unbranched alkanes of at least 4 members (excludes halogenated alkanes) is 2. The summed E-state index contributed by atoms with van der Waals surface area (Å²) >= 11 is 4.00. The molecular formula is C7H11F3OS2. The average molecular weight is 232 g/mol. The molecule has 0 bridgehead atoms. The van der Waals surface area contributed by atoms with Gasteiger partial charge in [-0.3, -0.25) is 0 Å². The van der Waals surface area contributed by atoms with Crippen molar-refractivity contribution in [3.05, 3.63) is 0 Å². The van der Waals surface area contributed by atoms with Crippen LogP contribution in [0.5, 0.6) is 0 Å². The number of thioether (sulfide) groups is 1. The molecular weight excluding hydrogens is 221 g/mol. The topological polar surface area (TPSA) is 9.23 Å². The number of halogens is 3. The Labute approximate surface area is 85.0 Å². The highest BCUT2D eigenvalue weighted by Gasteiger charge is 2.31. The van der Waals surface area contributed by atoms with E-state index in [1.807, 2.05) is 6.92 Å². The number of alkyl halides is 3. The fourth-order valence-electron chi connectivity index (χ4n) is 0.632. The van der Waals surface area contributed by atoms with Crippen LogP contribution < -0.4 is 0 Å². The first-order valence-electron chi connectivity index (χ1n) is 3.88. The molecule has 1 nitrogen and oxygen atoms in total. The Morgan fingerprint density at radius 3 is 2.46 bits per heavy atom. The smallest absolute Gasteiger partial charge is 0.450 e. The molecule has 0 aliphatic carbocycles. The molecule has 13 heavy (non-hydrogen) atoms. The van der Waals surface area contributed by atoms with Crippen molar-refractivity contribution in [2.75, 3.05) is 6.61 Å². The van der Waals surface area contributed by atoms with Gasteiger partial charge in [0.25, 0.3) is 0 Å². The lowest BCUT2D eigenvalue weighted by molar-refractivity contribution is -0.0319. The summed E-state index contributed by atoms with van der Waals surface area (Å²) in [4.78, 5) is 0. The summed E-state index contributed by atoms with van der Waals surface area (Å²) in [6.45, 7) is 2.28. The van der Waals surface area contributed by atoms with Crippen LogP contribution in [0.25, 0.3) is 0 Å². The Morgan fingerprint density at radius 2 is 2.00 bits per heavy atom. The second-order valence-electron chi connectivity index (χ2n) is 2.35. The monoisotopic (exact) mass is 232 g/mol. The van der Waals surface area contributed by atoms with Gasteiger partial charge >= 0.3 is 5.51 Å². The SMILES string of the molecule is CCCCCOC(=S)SC(F)(F)F. The van der Waals surface area contributed by atoms with Crippen LogP contribution in [0.1, 0.15) is 26.2 Å². The van der Waals surface area contributed by atoms with Crippen molar-refractivity contribution >= 4 is 28.4 Å². The van der Waals surface area contributed by atoms with Crippen molar-refractivity contribution in [3.8, 4) is 0 Å². The highest BCUT2D eigenvalue weighted by Crippen LogP contribution is 2.31. The number of hydrogen-bond acceptors (Lipinski definition) is 3. The molecule has 0 saturated carbocycles. The maximum atomic E-state index is 11.7. The molecule has 0 aromatic carbocycles. The fraction of sp³-hybridized carbons (Fsp3) is 0.857. The van der Waals surface area contributed by atoms with E-state index in [2.05, 4.69) is 12.2 Å². The summed E-state index contributed by atoms with van der Waals surface area (Å²) in [6.07, 6.45) is 2.69. The zero-order valence-corrected chi connectivity index (χ0v) is 8.82. The van der Waals surface area contributed by atoms with Gasteiger partial charge in [0.15, 0.2) is 0 Å². The molecule has 0 fully saturated rings. The van der Waals surface area contributed by atoms with Gasteiger partial charge in [0.05, 0.1) is 6.61 Å². The van der Waals surface area contributed by atoms with E-state index in [0.29, 0.717) is 0 Å². The van der Waals surface area contributed by atoms with Crippen LogP contribution >= 0.6 is 24.0 Å². The summed E-state index contributed by atoms with van der Waals surface area (Å²) in [5, 5.41) is 0. The first kappa shape index (κ1) is 13.0. The summed E-state index contributed by atoms with van der Waals surface area (Å²) in [6, 6.07) is 0. The fourth-order valence-corrected chi connectivity index (χ4v) is 1.33. The maximum Gasteiger partial charge on any atom is 0.450 e. The minimum absolute atomic E-state index is 0.274. The number of rotatable bonds is 4. The van der Waals surface area contributed by atoms with E-state index in [4.69, 9.17) is 4.74 Å². The molecule has 0 amide bonds. The molecule has 0 saturated heterocycles. The lowest BCUT2D eigenvalue weighted by Gasteiger charge is -2.07. The number of ether oxygens (including phenoxy) is 1. The average Bonchev–Trinajstić information content (AvgIpc) is 1.94. The Kier molecular flexibility index (Phi) is 6.49. The van der Waals surface area contributed by atoms with Gasteiger partial charge < -0.3 is 4.74 Å². The van der Waals surface area contributed by atoms with E-state index in [1.165, 1.54) is 0 Å². The van der Waals surface area contributed by atoms with Crippen LogP contribution in [0, 0.1) is 0 Å². The molecule has 0 aromatic rings. The van der Waals surface area contributed by atoms with E-state index in [-0.39, 0.29) is 18.4 Å². The third-order valence-electron chi connectivity index (χ3n) is 1.17. The minimum atomic E-state index is -4.33. The molecule has 0 N–H and O–H groups in total. The number of hydrogen-bond donors (Lipinski definition) is 0. The molecule has 0 radical (unpaired) electrons. The van der Waals surface area contributed by atoms with Crippen LogP contribution in [-0.2, 0) is 4.74 Å².